The first-order valence-corrected chi connectivity index (χ1v) is 9.51. The monoisotopic (exact) mass is 399 g/mol. The molecule has 0 radical (unpaired) electrons. The molecule has 0 fully saturated rings. The minimum absolute atomic E-state index is 0.335. The number of nitrogen functional groups attached to an aromatic ring is 1. The van der Waals surface area contributed by atoms with Gasteiger partial charge >= 0.3 is 0 Å². The van der Waals surface area contributed by atoms with E-state index in [2.05, 4.69) is 6.07 Å². The fourth-order valence-electron chi connectivity index (χ4n) is 3.55. The normalized spacial score (nSPS) is 14.8. The molecule has 148 valence electrons. The summed E-state index contributed by atoms with van der Waals surface area (Å²) in [5, 5.41) is 9.72. The molecule has 0 amide bonds. The molecule has 1 aromatic carbocycles. The minimum atomic E-state index is -0.335. The summed E-state index contributed by atoms with van der Waals surface area (Å²) in [5.41, 5.74) is 9.41. The summed E-state index contributed by atoms with van der Waals surface area (Å²) >= 11 is 5.70. The number of nitrogens with two attached hydrogens (primary N) is 1. The summed E-state index contributed by atoms with van der Waals surface area (Å²) in [4.78, 5) is 0. The Morgan fingerprint density at radius 3 is 2.61 bits per heavy atom. The van der Waals surface area contributed by atoms with Crippen LogP contribution in [0.5, 0.6) is 11.5 Å². The van der Waals surface area contributed by atoms with Crippen molar-refractivity contribution in [2.75, 3.05) is 20.0 Å². The van der Waals surface area contributed by atoms with Gasteiger partial charge in [-0.1, -0.05) is 18.3 Å². The number of hydrogen-bond acceptors (Lipinski definition) is 6. The number of anilines is 1. The largest absolute Gasteiger partial charge is 0.493 e. The van der Waals surface area contributed by atoms with Crippen molar-refractivity contribution in [1.29, 1.82) is 5.26 Å². The van der Waals surface area contributed by atoms with E-state index in [0.717, 1.165) is 16.7 Å². The lowest BCUT2D eigenvalue weighted by atomic mass is 9.89. The highest BCUT2D eigenvalue weighted by Crippen LogP contribution is 2.34. The van der Waals surface area contributed by atoms with Crippen molar-refractivity contribution in [3.05, 3.63) is 45.1 Å². The summed E-state index contributed by atoms with van der Waals surface area (Å²) in [7, 11) is 3.22. The van der Waals surface area contributed by atoms with Gasteiger partial charge in [0, 0.05) is 18.5 Å². The van der Waals surface area contributed by atoms with Crippen LogP contribution in [0.1, 0.15) is 36.1 Å². The highest BCUT2D eigenvalue weighted by molar-refractivity contribution is 7.71. The van der Waals surface area contributed by atoms with Gasteiger partial charge in [0.2, 0.25) is 0 Å². The molecule has 0 aliphatic carbocycles. The van der Waals surface area contributed by atoms with Crippen molar-refractivity contribution < 1.29 is 14.2 Å². The molecule has 0 spiro atoms. The Bertz CT molecular complexity index is 1010. The predicted molar refractivity (Wildman–Crippen MR) is 110 cm³/mol. The van der Waals surface area contributed by atoms with Crippen molar-refractivity contribution in [2.45, 2.75) is 45.4 Å². The van der Waals surface area contributed by atoms with E-state index in [1.807, 2.05) is 36.6 Å². The Balaban J connectivity index is 1.96. The Morgan fingerprint density at radius 2 is 1.96 bits per heavy atom. The third-order valence-corrected chi connectivity index (χ3v) is 5.58. The zero-order valence-electron chi connectivity index (χ0n) is 16.7. The van der Waals surface area contributed by atoms with Gasteiger partial charge in [0.15, 0.2) is 11.5 Å². The maximum atomic E-state index is 9.72. The molecular weight excluding hydrogens is 374 g/mol. The molecule has 7 heteroatoms. The van der Waals surface area contributed by atoms with Gasteiger partial charge in [0.1, 0.15) is 16.5 Å². The predicted octanol–water partition coefficient (Wildman–Crippen LogP) is 3.78. The van der Waals surface area contributed by atoms with Crippen molar-refractivity contribution in [3.63, 3.8) is 0 Å². The molecule has 2 N–H and O–H groups in total. The number of rotatable bonds is 5. The van der Waals surface area contributed by atoms with E-state index in [9.17, 15) is 5.26 Å². The fourth-order valence-corrected chi connectivity index (χ4v) is 3.93. The Morgan fingerprint density at radius 1 is 1.25 bits per heavy atom. The van der Waals surface area contributed by atoms with Gasteiger partial charge in [-0.3, -0.25) is 0 Å². The van der Waals surface area contributed by atoms with Crippen LogP contribution in [0.4, 0.5) is 5.82 Å². The highest BCUT2D eigenvalue weighted by atomic mass is 32.1. The van der Waals surface area contributed by atoms with Gasteiger partial charge in [0.05, 0.1) is 32.0 Å². The summed E-state index contributed by atoms with van der Waals surface area (Å²) in [6.45, 7) is 4.97. The Labute approximate surface area is 170 Å². The van der Waals surface area contributed by atoms with Crippen molar-refractivity contribution in [2.24, 2.45) is 0 Å². The number of fused-ring (bicyclic) bond motifs is 1. The van der Waals surface area contributed by atoms with Crippen LogP contribution in [-0.4, -0.2) is 24.4 Å². The smallest absolute Gasteiger partial charge is 0.160 e. The maximum absolute atomic E-state index is 9.72. The second-order valence-electron chi connectivity index (χ2n) is 7.45. The van der Waals surface area contributed by atoms with Crippen LogP contribution in [0.3, 0.4) is 0 Å². The topological polar surface area (TPSA) is 82.4 Å². The van der Waals surface area contributed by atoms with Crippen LogP contribution in [0.15, 0.2) is 18.2 Å². The van der Waals surface area contributed by atoms with E-state index < -0.39 is 0 Å². The second-order valence-corrected chi connectivity index (χ2v) is 7.84. The van der Waals surface area contributed by atoms with E-state index in [1.165, 1.54) is 0 Å². The fraction of sp³-hybridized carbons (Fsp3) is 0.429. The van der Waals surface area contributed by atoms with Crippen LogP contribution in [0.25, 0.3) is 0 Å². The van der Waals surface area contributed by atoms with E-state index in [4.69, 9.17) is 32.2 Å². The molecule has 0 unspecified atom stereocenters. The van der Waals surface area contributed by atoms with Crippen molar-refractivity contribution >= 4 is 18.0 Å². The first kappa shape index (κ1) is 20.2. The summed E-state index contributed by atoms with van der Waals surface area (Å²) in [6.07, 6.45) is 1.31. The zero-order valence-corrected chi connectivity index (χ0v) is 17.5. The average molecular weight is 400 g/mol. The Kier molecular flexibility index (Phi) is 5.64. The van der Waals surface area contributed by atoms with Crippen LogP contribution in [0.2, 0.25) is 0 Å². The van der Waals surface area contributed by atoms with Gasteiger partial charge in [-0.2, -0.15) is 5.26 Å². The molecule has 3 rings (SSSR count). The lowest BCUT2D eigenvalue weighted by Crippen LogP contribution is -2.33. The number of hydrogen-bond donors (Lipinski definition) is 1. The third kappa shape index (κ3) is 3.71. The van der Waals surface area contributed by atoms with E-state index >= 15 is 0 Å². The van der Waals surface area contributed by atoms with Crippen molar-refractivity contribution in [1.82, 2.24) is 4.57 Å². The molecule has 2 heterocycles. The van der Waals surface area contributed by atoms with E-state index in [-0.39, 0.29) is 5.60 Å². The number of nitrogens with zero attached hydrogens (tertiary/aromatic N) is 2. The number of benzene rings is 1. The number of pyridine rings is 1. The Hall–Kier alpha value is -2.56. The van der Waals surface area contributed by atoms with Gasteiger partial charge in [-0.05, 0) is 43.5 Å². The lowest BCUT2D eigenvalue weighted by Gasteiger charge is -2.33. The summed E-state index contributed by atoms with van der Waals surface area (Å²) in [6, 6.07) is 8.07. The first-order valence-electron chi connectivity index (χ1n) is 9.10. The summed E-state index contributed by atoms with van der Waals surface area (Å²) in [5.74, 6) is 1.78. The SMILES string of the molecule is COc1ccc(CCn2c(N)c(C#N)c3c(c2=S)COC(C)(C)C3)cc1OC. The van der Waals surface area contributed by atoms with E-state index in [1.54, 1.807) is 14.2 Å². The third-order valence-electron chi connectivity index (χ3n) is 5.11. The number of methoxy groups -OCH3 is 2. The highest BCUT2D eigenvalue weighted by Gasteiger charge is 2.31. The van der Waals surface area contributed by atoms with E-state index in [0.29, 0.717) is 53.5 Å². The van der Waals surface area contributed by atoms with Gasteiger partial charge in [0.25, 0.3) is 0 Å². The van der Waals surface area contributed by atoms with Gasteiger partial charge in [-0.25, -0.2) is 0 Å². The molecular formula is C21H25N3O3S. The zero-order chi connectivity index (χ0) is 20.5. The number of aromatic nitrogens is 1. The quantitative estimate of drug-likeness (QED) is 0.771. The minimum Gasteiger partial charge on any atom is -0.493 e. The van der Waals surface area contributed by atoms with Gasteiger partial charge < -0.3 is 24.5 Å². The molecule has 1 aromatic heterocycles. The molecule has 6 nitrogen and oxygen atoms in total. The maximum Gasteiger partial charge on any atom is 0.160 e. The molecule has 1 aliphatic rings. The number of nitriles is 1. The molecule has 1 aliphatic heterocycles. The first-order chi connectivity index (χ1) is 13.3. The van der Waals surface area contributed by atoms with Crippen LogP contribution in [0, 0.1) is 16.0 Å². The standard InChI is InChI=1S/C21H25N3O3S/c1-21(2)10-14-15(11-22)19(23)24(20(28)16(14)12-27-21)8-7-13-5-6-17(25-3)18(9-13)26-4/h5-6,9H,7-8,10,12,23H2,1-4H3. The molecule has 0 saturated heterocycles. The van der Waals surface area contributed by atoms with Crippen LogP contribution in [-0.2, 0) is 30.7 Å². The molecule has 28 heavy (non-hydrogen) atoms. The molecule has 2 aromatic rings. The van der Waals surface area contributed by atoms with Crippen LogP contribution >= 0.6 is 12.2 Å². The number of ether oxygens (including phenoxy) is 3. The van der Waals surface area contributed by atoms with Gasteiger partial charge in [-0.15, -0.1) is 0 Å². The lowest BCUT2D eigenvalue weighted by molar-refractivity contribution is -0.0406. The van der Waals surface area contributed by atoms with Crippen molar-refractivity contribution in [3.8, 4) is 17.6 Å². The molecule has 0 saturated carbocycles. The molecule has 0 atom stereocenters. The van der Waals surface area contributed by atoms with Crippen LogP contribution < -0.4 is 15.2 Å². The molecule has 0 bridgehead atoms. The summed E-state index contributed by atoms with van der Waals surface area (Å²) < 4.78 is 19.1. The average Bonchev–Trinajstić information content (AvgIpc) is 2.67. The number of aryl methyl sites for hydroxylation is 1. The second kappa shape index (κ2) is 7.82.